The Bertz CT molecular complexity index is 1130. The third-order valence-electron chi connectivity index (χ3n) is 6.30. The van der Waals surface area contributed by atoms with Gasteiger partial charge in [0, 0.05) is 23.7 Å². The number of carbonyl (C=O) groups is 1. The van der Waals surface area contributed by atoms with Crippen molar-refractivity contribution in [2.75, 3.05) is 19.7 Å². The Balaban J connectivity index is 1.51. The molecule has 33 heavy (non-hydrogen) atoms. The van der Waals surface area contributed by atoms with E-state index < -0.39 is 0 Å². The molecule has 0 aromatic heterocycles. The van der Waals surface area contributed by atoms with E-state index in [1.54, 1.807) is 12.1 Å². The molecule has 5 heteroatoms. The van der Waals surface area contributed by atoms with Crippen LogP contribution in [0.5, 0.6) is 11.5 Å². The van der Waals surface area contributed by atoms with E-state index in [-0.39, 0.29) is 18.3 Å². The molecule has 0 atom stereocenters. The molecule has 0 aliphatic carbocycles. The van der Waals surface area contributed by atoms with Crippen LogP contribution in [0.4, 0.5) is 0 Å². The van der Waals surface area contributed by atoms with Crippen molar-refractivity contribution in [3.05, 3.63) is 81.9 Å². The number of aromatic hydroxyl groups is 1. The summed E-state index contributed by atoms with van der Waals surface area (Å²) in [5, 5.41) is 11.1. The number of hydrogen-bond donors (Lipinski definition) is 1. The molecular formula is C28H30ClNO3. The second kappa shape index (κ2) is 10.3. The lowest BCUT2D eigenvalue weighted by atomic mass is 9.95. The standard InChI is InChI=1S/C28H30ClNO3/c1-3-20-7-6-8-22(14-20)25-16-21(9-10-27(25)31)15-24-19(2)13-23(17-26(24)29)33-18-28(32)30-11-4-5-12-30/h6-10,13-14,16-17,31H,3-5,11-12,15,18H2,1-2H3. The highest BCUT2D eigenvalue weighted by Gasteiger charge is 2.18. The monoisotopic (exact) mass is 463 g/mol. The summed E-state index contributed by atoms with van der Waals surface area (Å²) in [6.07, 6.45) is 3.71. The zero-order valence-electron chi connectivity index (χ0n) is 19.2. The Kier molecular flexibility index (Phi) is 7.24. The van der Waals surface area contributed by atoms with Crippen molar-refractivity contribution in [1.29, 1.82) is 0 Å². The van der Waals surface area contributed by atoms with Gasteiger partial charge >= 0.3 is 0 Å². The first-order chi connectivity index (χ1) is 15.9. The first-order valence-electron chi connectivity index (χ1n) is 11.6. The van der Waals surface area contributed by atoms with Gasteiger partial charge in [-0.15, -0.1) is 0 Å². The minimum atomic E-state index is 0.0223. The lowest BCUT2D eigenvalue weighted by Crippen LogP contribution is -2.32. The van der Waals surface area contributed by atoms with Crippen LogP contribution in [-0.2, 0) is 17.6 Å². The summed E-state index contributed by atoms with van der Waals surface area (Å²) in [4.78, 5) is 14.1. The minimum absolute atomic E-state index is 0.0223. The van der Waals surface area contributed by atoms with Crippen molar-refractivity contribution in [2.24, 2.45) is 0 Å². The van der Waals surface area contributed by atoms with Gasteiger partial charge in [0.25, 0.3) is 5.91 Å². The lowest BCUT2D eigenvalue weighted by molar-refractivity contribution is -0.132. The van der Waals surface area contributed by atoms with E-state index in [9.17, 15) is 9.90 Å². The summed E-state index contributed by atoms with van der Waals surface area (Å²) < 4.78 is 5.75. The number of phenols is 1. The second-order valence-corrected chi connectivity index (χ2v) is 9.07. The Hall–Kier alpha value is -2.98. The van der Waals surface area contributed by atoms with E-state index in [2.05, 4.69) is 19.1 Å². The number of rotatable bonds is 7. The number of phenolic OH excluding ortho intramolecular Hbond substituents is 1. The van der Waals surface area contributed by atoms with Gasteiger partial charge in [0.05, 0.1) is 0 Å². The van der Waals surface area contributed by atoms with Crippen LogP contribution in [0.2, 0.25) is 5.02 Å². The third-order valence-corrected chi connectivity index (χ3v) is 6.64. The van der Waals surface area contributed by atoms with Crippen LogP contribution in [0.15, 0.2) is 54.6 Å². The van der Waals surface area contributed by atoms with Gasteiger partial charge < -0.3 is 14.7 Å². The number of benzene rings is 3. The van der Waals surface area contributed by atoms with Crippen LogP contribution in [-0.4, -0.2) is 35.6 Å². The molecule has 1 aliphatic rings. The zero-order valence-corrected chi connectivity index (χ0v) is 20.0. The van der Waals surface area contributed by atoms with E-state index in [1.165, 1.54) is 5.56 Å². The van der Waals surface area contributed by atoms with Crippen molar-refractivity contribution in [3.63, 3.8) is 0 Å². The van der Waals surface area contributed by atoms with E-state index >= 15 is 0 Å². The zero-order chi connectivity index (χ0) is 23.4. The molecule has 1 heterocycles. The number of amides is 1. The first-order valence-corrected chi connectivity index (χ1v) is 11.9. The van der Waals surface area contributed by atoms with Gasteiger partial charge in [0.2, 0.25) is 0 Å². The van der Waals surface area contributed by atoms with Crippen LogP contribution in [0.1, 0.15) is 42.0 Å². The predicted molar refractivity (Wildman–Crippen MR) is 133 cm³/mol. The van der Waals surface area contributed by atoms with Crippen molar-refractivity contribution in [2.45, 2.75) is 39.5 Å². The first kappa shape index (κ1) is 23.2. The molecule has 3 aromatic rings. The summed E-state index contributed by atoms with van der Waals surface area (Å²) in [6, 6.07) is 17.7. The van der Waals surface area contributed by atoms with E-state index in [0.29, 0.717) is 17.2 Å². The van der Waals surface area contributed by atoms with Crippen molar-refractivity contribution in [3.8, 4) is 22.6 Å². The maximum Gasteiger partial charge on any atom is 0.260 e. The van der Waals surface area contributed by atoms with Crippen LogP contribution in [0.25, 0.3) is 11.1 Å². The highest BCUT2D eigenvalue weighted by Crippen LogP contribution is 2.33. The molecule has 0 unspecified atom stereocenters. The highest BCUT2D eigenvalue weighted by molar-refractivity contribution is 6.31. The number of likely N-dealkylation sites (tertiary alicyclic amines) is 1. The third kappa shape index (κ3) is 5.51. The summed E-state index contributed by atoms with van der Waals surface area (Å²) in [5.74, 6) is 0.895. The molecule has 0 spiro atoms. The van der Waals surface area contributed by atoms with E-state index in [4.69, 9.17) is 16.3 Å². The SMILES string of the molecule is CCc1cccc(-c2cc(Cc3c(C)cc(OCC(=O)N4CCCC4)cc3Cl)ccc2O)c1. The number of hydrogen-bond acceptors (Lipinski definition) is 3. The van der Waals surface area contributed by atoms with Crippen molar-refractivity contribution in [1.82, 2.24) is 4.90 Å². The van der Waals surface area contributed by atoms with Crippen LogP contribution >= 0.6 is 11.6 Å². The Morgan fingerprint density at radius 2 is 1.85 bits per heavy atom. The fourth-order valence-corrected chi connectivity index (χ4v) is 4.66. The fourth-order valence-electron chi connectivity index (χ4n) is 4.34. The molecule has 3 aromatic carbocycles. The van der Waals surface area contributed by atoms with Crippen LogP contribution < -0.4 is 4.74 Å². The Morgan fingerprint density at radius 3 is 2.58 bits per heavy atom. The Morgan fingerprint density at radius 1 is 1.06 bits per heavy atom. The number of aryl methyl sites for hydroxylation is 2. The number of nitrogens with zero attached hydrogens (tertiary/aromatic N) is 1. The van der Waals surface area contributed by atoms with Crippen molar-refractivity contribution >= 4 is 17.5 Å². The van der Waals surface area contributed by atoms with Crippen LogP contribution in [0, 0.1) is 6.92 Å². The van der Waals surface area contributed by atoms with Gasteiger partial charge in [0.1, 0.15) is 11.5 Å². The summed E-state index contributed by atoms with van der Waals surface area (Å²) in [5.41, 5.74) is 6.13. The van der Waals surface area contributed by atoms with Crippen LogP contribution in [0.3, 0.4) is 0 Å². The average molecular weight is 464 g/mol. The van der Waals surface area contributed by atoms with E-state index in [1.807, 2.05) is 42.2 Å². The summed E-state index contributed by atoms with van der Waals surface area (Å²) >= 11 is 6.63. The normalized spacial score (nSPS) is 13.4. The molecule has 1 aliphatic heterocycles. The molecule has 1 saturated heterocycles. The largest absolute Gasteiger partial charge is 0.507 e. The van der Waals surface area contributed by atoms with E-state index in [0.717, 1.165) is 60.2 Å². The quantitative estimate of drug-likeness (QED) is 0.455. The molecule has 0 saturated carbocycles. The second-order valence-electron chi connectivity index (χ2n) is 8.66. The molecule has 4 nitrogen and oxygen atoms in total. The average Bonchev–Trinajstić information content (AvgIpc) is 3.36. The molecular weight excluding hydrogens is 434 g/mol. The molecule has 0 bridgehead atoms. The smallest absolute Gasteiger partial charge is 0.260 e. The molecule has 1 fully saturated rings. The predicted octanol–water partition coefficient (Wildman–Crippen LogP) is 6.18. The maximum atomic E-state index is 12.3. The summed E-state index contributed by atoms with van der Waals surface area (Å²) in [6.45, 7) is 5.79. The fraction of sp³-hybridized carbons (Fsp3) is 0.321. The van der Waals surface area contributed by atoms with Gasteiger partial charge in [-0.1, -0.05) is 48.9 Å². The number of halogens is 1. The molecule has 4 rings (SSSR count). The van der Waals surface area contributed by atoms with Gasteiger partial charge in [-0.2, -0.15) is 0 Å². The Labute approximate surface area is 200 Å². The number of carbonyl (C=O) groups excluding carboxylic acids is 1. The minimum Gasteiger partial charge on any atom is -0.507 e. The molecule has 0 radical (unpaired) electrons. The highest BCUT2D eigenvalue weighted by atomic mass is 35.5. The molecule has 1 amide bonds. The van der Waals surface area contributed by atoms with Gasteiger partial charge in [-0.05, 0) is 84.7 Å². The number of ether oxygens (including phenoxy) is 1. The van der Waals surface area contributed by atoms with Gasteiger partial charge in [0.15, 0.2) is 6.61 Å². The van der Waals surface area contributed by atoms with Gasteiger partial charge in [-0.3, -0.25) is 4.79 Å². The summed E-state index contributed by atoms with van der Waals surface area (Å²) in [7, 11) is 0. The molecule has 1 N–H and O–H groups in total. The van der Waals surface area contributed by atoms with Gasteiger partial charge in [-0.25, -0.2) is 0 Å². The molecule has 172 valence electrons. The topological polar surface area (TPSA) is 49.8 Å². The maximum absolute atomic E-state index is 12.3. The van der Waals surface area contributed by atoms with Crippen molar-refractivity contribution < 1.29 is 14.6 Å². The lowest BCUT2D eigenvalue weighted by Gasteiger charge is -2.17.